The standard InChI is InChI=1S/C22H25NO2/c1-14(2)25-13-21(24)23-12-15-11-20-16-7-3-5-9-18(16)22(15)19-10-6-4-8-17(19)20/h3-10,14-15,20,22H,11-13H2,1-2H3,(H,23,24)/t15-,20?,22?/m0/s1. The first-order chi connectivity index (χ1) is 12.1. The molecule has 0 unspecified atom stereocenters. The topological polar surface area (TPSA) is 38.3 Å². The molecule has 2 aromatic rings. The van der Waals surface area contributed by atoms with Crippen molar-refractivity contribution < 1.29 is 9.53 Å². The van der Waals surface area contributed by atoms with E-state index in [0.29, 0.717) is 24.3 Å². The van der Waals surface area contributed by atoms with Crippen molar-refractivity contribution in [2.24, 2.45) is 5.92 Å². The van der Waals surface area contributed by atoms with Crippen molar-refractivity contribution in [1.29, 1.82) is 0 Å². The Labute approximate surface area is 149 Å². The number of carbonyl (C=O) groups excluding carboxylic acids is 1. The first kappa shape index (κ1) is 16.3. The Morgan fingerprint density at radius 3 is 2.16 bits per heavy atom. The molecule has 3 heteroatoms. The minimum Gasteiger partial charge on any atom is -0.369 e. The molecule has 3 aliphatic rings. The van der Waals surface area contributed by atoms with Crippen LogP contribution < -0.4 is 5.32 Å². The third kappa shape index (κ3) is 2.98. The molecule has 1 amide bonds. The third-order valence-electron chi connectivity index (χ3n) is 5.53. The van der Waals surface area contributed by atoms with E-state index in [0.717, 1.165) is 6.42 Å². The SMILES string of the molecule is CC(C)OCC(=O)NC[C@@H]1CC2c3ccccc3C1c1ccccc12. The summed E-state index contributed by atoms with van der Waals surface area (Å²) in [5.74, 6) is 1.25. The Kier molecular flexibility index (Phi) is 4.34. The van der Waals surface area contributed by atoms with E-state index in [1.807, 2.05) is 13.8 Å². The minimum atomic E-state index is -0.0169. The maximum Gasteiger partial charge on any atom is 0.246 e. The summed E-state index contributed by atoms with van der Waals surface area (Å²) in [6.07, 6.45) is 1.18. The summed E-state index contributed by atoms with van der Waals surface area (Å²) in [5, 5.41) is 3.09. The molecule has 0 aliphatic heterocycles. The summed E-state index contributed by atoms with van der Waals surface area (Å²) in [6.45, 7) is 4.75. The van der Waals surface area contributed by atoms with Gasteiger partial charge in [0.15, 0.2) is 0 Å². The van der Waals surface area contributed by atoms with E-state index >= 15 is 0 Å². The van der Waals surface area contributed by atoms with Gasteiger partial charge in [0.25, 0.3) is 0 Å². The molecule has 0 aromatic heterocycles. The van der Waals surface area contributed by atoms with Crippen LogP contribution in [-0.4, -0.2) is 25.2 Å². The number of hydrogen-bond donors (Lipinski definition) is 1. The van der Waals surface area contributed by atoms with Crippen LogP contribution in [0.5, 0.6) is 0 Å². The normalized spacial score (nSPS) is 23.2. The smallest absolute Gasteiger partial charge is 0.246 e. The van der Waals surface area contributed by atoms with Gasteiger partial charge in [-0.3, -0.25) is 4.79 Å². The number of benzene rings is 2. The van der Waals surface area contributed by atoms with Crippen LogP contribution in [-0.2, 0) is 9.53 Å². The molecule has 0 radical (unpaired) electrons. The Morgan fingerprint density at radius 2 is 1.60 bits per heavy atom. The van der Waals surface area contributed by atoms with Gasteiger partial charge < -0.3 is 10.1 Å². The highest BCUT2D eigenvalue weighted by molar-refractivity contribution is 5.77. The number of hydrogen-bond acceptors (Lipinski definition) is 2. The van der Waals surface area contributed by atoms with Gasteiger partial charge in [-0.1, -0.05) is 48.5 Å². The maximum absolute atomic E-state index is 12.1. The molecule has 5 rings (SSSR count). The van der Waals surface area contributed by atoms with Crippen LogP contribution in [0.25, 0.3) is 0 Å². The highest BCUT2D eigenvalue weighted by Crippen LogP contribution is 2.54. The zero-order chi connectivity index (χ0) is 17.4. The van der Waals surface area contributed by atoms with Gasteiger partial charge in [0, 0.05) is 18.4 Å². The fraction of sp³-hybridized carbons (Fsp3) is 0.409. The molecule has 0 heterocycles. The fourth-order valence-electron chi connectivity index (χ4n) is 4.50. The van der Waals surface area contributed by atoms with Gasteiger partial charge in [0.1, 0.15) is 6.61 Å². The molecule has 130 valence electrons. The van der Waals surface area contributed by atoms with E-state index in [1.54, 1.807) is 0 Å². The predicted molar refractivity (Wildman–Crippen MR) is 98.8 cm³/mol. The summed E-state index contributed by atoms with van der Waals surface area (Å²) < 4.78 is 5.41. The lowest BCUT2D eigenvalue weighted by Crippen LogP contribution is -2.40. The minimum absolute atomic E-state index is 0.0169. The van der Waals surface area contributed by atoms with Crippen LogP contribution in [0, 0.1) is 5.92 Å². The van der Waals surface area contributed by atoms with E-state index in [2.05, 4.69) is 53.8 Å². The van der Waals surface area contributed by atoms with Gasteiger partial charge in [-0.2, -0.15) is 0 Å². The van der Waals surface area contributed by atoms with Crippen LogP contribution in [0.4, 0.5) is 0 Å². The average Bonchev–Trinajstić information content (AvgIpc) is 2.65. The monoisotopic (exact) mass is 335 g/mol. The lowest BCUT2D eigenvalue weighted by Gasteiger charge is -2.45. The van der Waals surface area contributed by atoms with Crippen molar-refractivity contribution in [3.8, 4) is 0 Å². The van der Waals surface area contributed by atoms with E-state index in [9.17, 15) is 4.79 Å². The number of ether oxygens (including phenoxy) is 1. The molecular formula is C22H25NO2. The quantitative estimate of drug-likeness (QED) is 0.902. The lowest BCUT2D eigenvalue weighted by molar-refractivity contribution is -0.127. The fourth-order valence-corrected chi connectivity index (χ4v) is 4.50. The predicted octanol–water partition coefficient (Wildman–Crippen LogP) is 3.82. The van der Waals surface area contributed by atoms with Crippen molar-refractivity contribution >= 4 is 5.91 Å². The number of carbonyl (C=O) groups is 1. The summed E-state index contributed by atoms with van der Waals surface area (Å²) >= 11 is 0. The Morgan fingerprint density at radius 1 is 1.04 bits per heavy atom. The van der Waals surface area contributed by atoms with Gasteiger partial charge in [-0.05, 0) is 48.4 Å². The summed E-state index contributed by atoms with van der Waals surface area (Å²) in [7, 11) is 0. The molecule has 0 fully saturated rings. The van der Waals surface area contributed by atoms with Crippen molar-refractivity contribution in [3.05, 3.63) is 70.8 Å². The van der Waals surface area contributed by atoms with Crippen molar-refractivity contribution in [3.63, 3.8) is 0 Å². The van der Waals surface area contributed by atoms with Gasteiger partial charge in [-0.15, -0.1) is 0 Å². The van der Waals surface area contributed by atoms with E-state index in [-0.39, 0.29) is 18.6 Å². The van der Waals surface area contributed by atoms with Crippen molar-refractivity contribution in [2.45, 2.75) is 38.2 Å². The van der Waals surface area contributed by atoms with Crippen LogP contribution in [0.3, 0.4) is 0 Å². The summed E-state index contributed by atoms with van der Waals surface area (Å²) in [5.41, 5.74) is 5.82. The van der Waals surface area contributed by atoms with E-state index in [4.69, 9.17) is 4.74 Å². The van der Waals surface area contributed by atoms with Crippen molar-refractivity contribution in [1.82, 2.24) is 5.32 Å². The number of rotatable bonds is 5. The maximum atomic E-state index is 12.1. The molecule has 2 aromatic carbocycles. The molecule has 0 saturated carbocycles. The second kappa shape index (κ2) is 6.64. The van der Waals surface area contributed by atoms with Gasteiger partial charge >= 0.3 is 0 Å². The number of amides is 1. The average molecular weight is 335 g/mol. The third-order valence-corrected chi connectivity index (χ3v) is 5.53. The molecule has 3 aliphatic carbocycles. The zero-order valence-electron chi connectivity index (χ0n) is 14.9. The highest BCUT2D eigenvalue weighted by atomic mass is 16.5. The molecule has 25 heavy (non-hydrogen) atoms. The Balaban J connectivity index is 1.56. The van der Waals surface area contributed by atoms with Crippen LogP contribution >= 0.6 is 0 Å². The molecule has 0 saturated heterocycles. The second-order valence-corrected chi connectivity index (χ2v) is 7.45. The van der Waals surface area contributed by atoms with Crippen LogP contribution in [0.1, 0.15) is 54.4 Å². The number of nitrogens with one attached hydrogen (secondary N) is 1. The first-order valence-corrected chi connectivity index (χ1v) is 9.21. The van der Waals surface area contributed by atoms with E-state index in [1.165, 1.54) is 22.3 Å². The summed E-state index contributed by atoms with van der Waals surface area (Å²) in [4.78, 5) is 12.1. The molecular weight excluding hydrogens is 310 g/mol. The first-order valence-electron chi connectivity index (χ1n) is 9.21. The van der Waals surface area contributed by atoms with Gasteiger partial charge in [0.2, 0.25) is 5.91 Å². The molecule has 3 nitrogen and oxygen atoms in total. The van der Waals surface area contributed by atoms with Gasteiger partial charge in [0.05, 0.1) is 6.10 Å². The number of fused-ring (bicyclic) bond motifs is 1. The van der Waals surface area contributed by atoms with Gasteiger partial charge in [-0.25, -0.2) is 0 Å². The zero-order valence-corrected chi connectivity index (χ0v) is 14.9. The molecule has 1 atom stereocenters. The molecule has 0 spiro atoms. The largest absolute Gasteiger partial charge is 0.369 e. The van der Waals surface area contributed by atoms with Crippen LogP contribution in [0.2, 0.25) is 0 Å². The molecule has 2 bridgehead atoms. The lowest BCUT2D eigenvalue weighted by atomic mass is 9.59. The van der Waals surface area contributed by atoms with Crippen LogP contribution in [0.15, 0.2) is 48.5 Å². The van der Waals surface area contributed by atoms with E-state index < -0.39 is 0 Å². The Bertz CT molecular complexity index is 736. The Hall–Kier alpha value is -2.13. The highest BCUT2D eigenvalue weighted by Gasteiger charge is 2.42. The molecule has 1 N–H and O–H groups in total. The van der Waals surface area contributed by atoms with Crippen molar-refractivity contribution in [2.75, 3.05) is 13.2 Å². The summed E-state index contributed by atoms with van der Waals surface area (Å²) in [6, 6.07) is 17.6. The second-order valence-electron chi connectivity index (χ2n) is 7.45.